The molecule has 1 aromatic heterocycles. The monoisotopic (exact) mass is 409 g/mol. The lowest BCUT2D eigenvalue weighted by molar-refractivity contribution is -0.121. The van der Waals surface area contributed by atoms with E-state index >= 15 is 0 Å². The lowest BCUT2D eigenvalue weighted by atomic mass is 10.1. The van der Waals surface area contributed by atoms with Gasteiger partial charge in [0.05, 0.1) is 6.20 Å². The summed E-state index contributed by atoms with van der Waals surface area (Å²) in [4.78, 5) is 28.1. The van der Waals surface area contributed by atoms with Crippen LogP contribution >= 0.6 is 0 Å². The molecule has 0 aliphatic heterocycles. The molecule has 0 aliphatic carbocycles. The minimum absolute atomic E-state index is 0.0536. The van der Waals surface area contributed by atoms with E-state index in [1.807, 2.05) is 38.1 Å². The summed E-state index contributed by atoms with van der Waals surface area (Å²) >= 11 is 0. The molecule has 3 rings (SSSR count). The summed E-state index contributed by atoms with van der Waals surface area (Å²) in [5, 5.41) is 5.70. The number of carbonyl (C=O) groups excluding carboxylic acids is 2. The molecule has 0 unspecified atom stereocenters. The maximum absolute atomic E-state index is 13.0. The van der Waals surface area contributed by atoms with E-state index in [1.54, 1.807) is 18.3 Å². The average Bonchev–Trinajstić information content (AvgIpc) is 3.20. The molecule has 156 valence electrons. The normalized spacial score (nSPS) is 10.8. The molecule has 0 saturated heterocycles. The van der Waals surface area contributed by atoms with Crippen LogP contribution in [0.1, 0.15) is 31.7 Å². The molecule has 0 atom stereocenters. The van der Waals surface area contributed by atoms with Crippen molar-refractivity contribution in [3.05, 3.63) is 72.0 Å². The molecule has 1 heterocycles. The first-order valence-corrected chi connectivity index (χ1v) is 9.78. The second kappa shape index (κ2) is 9.82. The van der Waals surface area contributed by atoms with Crippen molar-refractivity contribution in [1.82, 2.24) is 10.3 Å². The van der Waals surface area contributed by atoms with Gasteiger partial charge in [0.1, 0.15) is 5.82 Å². The van der Waals surface area contributed by atoms with E-state index in [4.69, 9.17) is 4.42 Å². The molecular formula is C23H24FN3O3. The van der Waals surface area contributed by atoms with E-state index in [0.29, 0.717) is 30.3 Å². The van der Waals surface area contributed by atoms with Gasteiger partial charge in [-0.3, -0.25) is 9.59 Å². The number of nitrogens with zero attached hydrogens (tertiary/aromatic N) is 1. The summed E-state index contributed by atoms with van der Waals surface area (Å²) in [5.41, 5.74) is 2.32. The number of carbonyl (C=O) groups is 2. The molecule has 2 N–H and O–H groups in total. The van der Waals surface area contributed by atoms with Crippen LogP contribution in [-0.2, 0) is 22.6 Å². The molecule has 30 heavy (non-hydrogen) atoms. The molecule has 2 amide bonds. The fourth-order valence-corrected chi connectivity index (χ4v) is 2.73. The number of aryl methyl sites for hydroxylation is 1. The Labute approximate surface area is 174 Å². The molecule has 7 heteroatoms. The Kier molecular flexibility index (Phi) is 6.95. The third-order valence-electron chi connectivity index (χ3n) is 4.46. The van der Waals surface area contributed by atoms with Gasteiger partial charge in [0.2, 0.25) is 11.8 Å². The minimum Gasteiger partial charge on any atom is -0.441 e. The van der Waals surface area contributed by atoms with Crippen LogP contribution in [0.2, 0.25) is 0 Å². The quantitative estimate of drug-likeness (QED) is 0.580. The van der Waals surface area contributed by atoms with Crippen LogP contribution in [0, 0.1) is 11.7 Å². The van der Waals surface area contributed by atoms with Gasteiger partial charge in [-0.2, -0.15) is 0 Å². The van der Waals surface area contributed by atoms with Gasteiger partial charge in [-0.1, -0.05) is 26.0 Å². The fourth-order valence-electron chi connectivity index (χ4n) is 2.73. The number of hydrogen-bond acceptors (Lipinski definition) is 4. The highest BCUT2D eigenvalue weighted by atomic mass is 19.1. The molecular weight excluding hydrogens is 385 g/mol. The summed E-state index contributed by atoms with van der Waals surface area (Å²) in [6, 6.07) is 13.3. The molecule has 0 fully saturated rings. The standard InChI is InChI=1S/C23H24FN3O3/c1-15(2)23(29)27-19-5-3-4-16(12-19)13-25-21(28)10-11-22-26-14-20(30-22)17-6-8-18(24)9-7-17/h3-9,12,14-15H,10-11,13H2,1-2H3,(H,25,28)(H,27,29). The number of oxazole rings is 1. The first-order chi connectivity index (χ1) is 14.4. The Bertz CT molecular complexity index is 1010. The number of anilines is 1. The van der Waals surface area contributed by atoms with Crippen LogP contribution in [-0.4, -0.2) is 16.8 Å². The third-order valence-corrected chi connectivity index (χ3v) is 4.46. The predicted octanol–water partition coefficient (Wildman–Crippen LogP) is 4.32. The molecule has 2 aromatic carbocycles. The van der Waals surface area contributed by atoms with Gasteiger partial charge in [0, 0.05) is 36.6 Å². The first kappa shape index (κ1) is 21.2. The van der Waals surface area contributed by atoms with E-state index in [1.165, 1.54) is 12.1 Å². The van der Waals surface area contributed by atoms with E-state index < -0.39 is 0 Å². The number of rotatable bonds is 8. The Morgan fingerprint density at radius 2 is 1.90 bits per heavy atom. The van der Waals surface area contributed by atoms with Crippen molar-refractivity contribution in [2.75, 3.05) is 5.32 Å². The highest BCUT2D eigenvalue weighted by Gasteiger charge is 2.10. The highest BCUT2D eigenvalue weighted by molar-refractivity contribution is 5.92. The van der Waals surface area contributed by atoms with E-state index in [2.05, 4.69) is 15.6 Å². The molecule has 0 spiro atoms. The lowest BCUT2D eigenvalue weighted by Gasteiger charge is -2.10. The maximum atomic E-state index is 13.0. The molecule has 0 bridgehead atoms. The van der Waals surface area contributed by atoms with Crippen molar-refractivity contribution < 1.29 is 18.4 Å². The van der Waals surface area contributed by atoms with Crippen molar-refractivity contribution in [3.63, 3.8) is 0 Å². The second-order valence-corrected chi connectivity index (χ2v) is 7.25. The zero-order valence-electron chi connectivity index (χ0n) is 16.9. The van der Waals surface area contributed by atoms with E-state index in [0.717, 1.165) is 11.1 Å². The average molecular weight is 409 g/mol. The second-order valence-electron chi connectivity index (χ2n) is 7.25. The smallest absolute Gasteiger partial charge is 0.226 e. The van der Waals surface area contributed by atoms with Crippen molar-refractivity contribution in [1.29, 1.82) is 0 Å². The van der Waals surface area contributed by atoms with Crippen molar-refractivity contribution in [2.45, 2.75) is 33.2 Å². The predicted molar refractivity (Wildman–Crippen MR) is 112 cm³/mol. The Morgan fingerprint density at radius 1 is 1.13 bits per heavy atom. The Hall–Kier alpha value is -3.48. The van der Waals surface area contributed by atoms with Gasteiger partial charge in [-0.25, -0.2) is 9.37 Å². The SMILES string of the molecule is CC(C)C(=O)Nc1cccc(CNC(=O)CCc2ncc(-c3ccc(F)cc3)o2)c1. The summed E-state index contributed by atoms with van der Waals surface area (Å²) in [6.45, 7) is 4.02. The maximum Gasteiger partial charge on any atom is 0.226 e. The zero-order chi connectivity index (χ0) is 21.5. The number of aromatic nitrogens is 1. The van der Waals surface area contributed by atoms with Crippen LogP contribution in [0.3, 0.4) is 0 Å². The van der Waals surface area contributed by atoms with Crippen molar-refractivity contribution >= 4 is 17.5 Å². The summed E-state index contributed by atoms with van der Waals surface area (Å²) in [7, 11) is 0. The van der Waals surface area contributed by atoms with Crippen molar-refractivity contribution in [2.24, 2.45) is 5.92 Å². The fraction of sp³-hybridized carbons (Fsp3) is 0.261. The van der Waals surface area contributed by atoms with Crippen LogP contribution in [0.4, 0.5) is 10.1 Å². The summed E-state index contributed by atoms with van der Waals surface area (Å²) < 4.78 is 18.7. The Balaban J connectivity index is 1.47. The summed E-state index contributed by atoms with van der Waals surface area (Å²) in [5.74, 6) is 0.374. The zero-order valence-corrected chi connectivity index (χ0v) is 16.9. The van der Waals surface area contributed by atoms with Gasteiger partial charge in [0.15, 0.2) is 11.7 Å². The highest BCUT2D eigenvalue weighted by Crippen LogP contribution is 2.21. The van der Waals surface area contributed by atoms with Crippen LogP contribution < -0.4 is 10.6 Å². The number of benzene rings is 2. The topological polar surface area (TPSA) is 84.2 Å². The third kappa shape index (κ3) is 6.01. The largest absolute Gasteiger partial charge is 0.441 e. The summed E-state index contributed by atoms with van der Waals surface area (Å²) in [6.07, 6.45) is 2.15. The molecule has 3 aromatic rings. The van der Waals surface area contributed by atoms with E-state index in [-0.39, 0.29) is 30.0 Å². The van der Waals surface area contributed by atoms with Crippen LogP contribution in [0.5, 0.6) is 0 Å². The molecule has 6 nitrogen and oxygen atoms in total. The number of hydrogen-bond donors (Lipinski definition) is 2. The van der Waals surface area contributed by atoms with Gasteiger partial charge in [-0.15, -0.1) is 0 Å². The van der Waals surface area contributed by atoms with Gasteiger partial charge < -0.3 is 15.1 Å². The minimum atomic E-state index is -0.317. The molecule has 0 aliphatic rings. The number of halogens is 1. The van der Waals surface area contributed by atoms with Gasteiger partial charge in [-0.05, 0) is 42.0 Å². The van der Waals surface area contributed by atoms with Crippen LogP contribution in [0.25, 0.3) is 11.3 Å². The number of amides is 2. The Morgan fingerprint density at radius 3 is 2.63 bits per heavy atom. The van der Waals surface area contributed by atoms with Gasteiger partial charge >= 0.3 is 0 Å². The first-order valence-electron chi connectivity index (χ1n) is 9.78. The molecule has 0 radical (unpaired) electrons. The van der Waals surface area contributed by atoms with Crippen molar-refractivity contribution in [3.8, 4) is 11.3 Å². The van der Waals surface area contributed by atoms with Gasteiger partial charge in [0.25, 0.3) is 0 Å². The van der Waals surface area contributed by atoms with E-state index in [9.17, 15) is 14.0 Å². The lowest BCUT2D eigenvalue weighted by Crippen LogP contribution is -2.23. The van der Waals surface area contributed by atoms with Crippen LogP contribution in [0.15, 0.2) is 59.1 Å². The number of nitrogens with one attached hydrogen (secondary N) is 2. The molecule has 0 saturated carbocycles.